The topological polar surface area (TPSA) is 41.9 Å². The predicted molar refractivity (Wildman–Crippen MR) is 116 cm³/mol. The summed E-state index contributed by atoms with van der Waals surface area (Å²) in [6, 6.07) is 18.5. The lowest BCUT2D eigenvalue weighted by atomic mass is 9.96. The number of ether oxygens (including phenoxy) is 1. The number of halogens is 3. The van der Waals surface area contributed by atoms with Crippen molar-refractivity contribution in [1.82, 2.24) is 5.01 Å². The molecule has 3 aromatic carbocycles. The number of rotatable bonds is 3. The highest BCUT2D eigenvalue weighted by Crippen LogP contribution is 2.44. The first-order valence-corrected chi connectivity index (χ1v) is 10.5. The largest absolute Gasteiger partial charge is 0.461 e. The minimum absolute atomic E-state index is 0.147. The molecule has 0 bridgehead atoms. The van der Waals surface area contributed by atoms with Crippen LogP contribution in [0.2, 0.25) is 5.02 Å². The normalized spacial score (nSPS) is 19.6. The van der Waals surface area contributed by atoms with Crippen LogP contribution in [0.1, 0.15) is 33.9 Å². The Labute approximate surface area is 186 Å². The molecule has 2 atom stereocenters. The third kappa shape index (κ3) is 3.40. The molecule has 30 heavy (non-hydrogen) atoms. The average molecular weight is 486 g/mol. The van der Waals surface area contributed by atoms with E-state index >= 15 is 0 Å². The van der Waals surface area contributed by atoms with Crippen LogP contribution in [0.25, 0.3) is 0 Å². The fourth-order valence-electron chi connectivity index (χ4n) is 3.80. The molecule has 0 saturated carbocycles. The average Bonchev–Trinajstić information content (AvgIpc) is 3.19. The number of ketones is 1. The maximum absolute atomic E-state index is 13.3. The number of hydrogen-bond donors (Lipinski definition) is 0. The highest BCUT2D eigenvalue weighted by atomic mass is 79.9. The van der Waals surface area contributed by atoms with Gasteiger partial charge in [0.05, 0.1) is 11.8 Å². The SMILES string of the molecule is O=C(c1ccc(F)cc1)[C@H]1Oc2ccc(Br)cc2[C@@H]2CC(c3ccc(Cl)cc3)=NN12. The summed E-state index contributed by atoms with van der Waals surface area (Å²) in [6.45, 7) is 0. The molecule has 0 N–H and O–H groups in total. The second-order valence-electron chi connectivity index (χ2n) is 7.18. The van der Waals surface area contributed by atoms with E-state index in [4.69, 9.17) is 21.4 Å². The Hall–Kier alpha value is -2.70. The lowest BCUT2D eigenvalue weighted by Gasteiger charge is -2.37. The van der Waals surface area contributed by atoms with Gasteiger partial charge in [-0.05, 0) is 60.2 Å². The monoisotopic (exact) mass is 484 g/mol. The van der Waals surface area contributed by atoms with E-state index in [1.165, 1.54) is 24.3 Å². The second-order valence-corrected chi connectivity index (χ2v) is 8.53. The third-order valence-electron chi connectivity index (χ3n) is 5.28. The fraction of sp³-hybridized carbons (Fsp3) is 0.130. The van der Waals surface area contributed by atoms with E-state index in [0.29, 0.717) is 22.8 Å². The van der Waals surface area contributed by atoms with Crippen LogP contribution in [0, 0.1) is 5.82 Å². The van der Waals surface area contributed by atoms with Crippen molar-refractivity contribution < 1.29 is 13.9 Å². The molecule has 7 heteroatoms. The number of carbonyl (C=O) groups is 1. The van der Waals surface area contributed by atoms with Gasteiger partial charge in [0.2, 0.25) is 5.78 Å². The van der Waals surface area contributed by atoms with Gasteiger partial charge in [0.1, 0.15) is 11.6 Å². The van der Waals surface area contributed by atoms with Crippen LogP contribution < -0.4 is 4.74 Å². The summed E-state index contributed by atoms with van der Waals surface area (Å²) in [5, 5.41) is 7.12. The molecule has 150 valence electrons. The summed E-state index contributed by atoms with van der Waals surface area (Å²) < 4.78 is 20.3. The van der Waals surface area contributed by atoms with E-state index in [1.807, 2.05) is 42.5 Å². The van der Waals surface area contributed by atoms with Gasteiger partial charge in [-0.2, -0.15) is 5.10 Å². The Morgan fingerprint density at radius 3 is 2.57 bits per heavy atom. The van der Waals surface area contributed by atoms with Gasteiger partial charge in [0.25, 0.3) is 6.23 Å². The van der Waals surface area contributed by atoms with Gasteiger partial charge < -0.3 is 4.74 Å². The minimum Gasteiger partial charge on any atom is -0.461 e. The van der Waals surface area contributed by atoms with E-state index in [2.05, 4.69) is 15.9 Å². The van der Waals surface area contributed by atoms with Gasteiger partial charge in [-0.1, -0.05) is 39.7 Å². The summed E-state index contributed by atoms with van der Waals surface area (Å²) >= 11 is 9.54. The highest BCUT2D eigenvalue weighted by Gasteiger charge is 2.43. The Bertz CT molecular complexity index is 1160. The first-order chi connectivity index (χ1) is 14.5. The Kier molecular flexibility index (Phi) is 4.83. The van der Waals surface area contributed by atoms with Crippen LogP contribution in [0.15, 0.2) is 76.3 Å². The molecule has 0 aliphatic carbocycles. The second kappa shape index (κ2) is 7.52. The van der Waals surface area contributed by atoms with Crippen LogP contribution in [0.5, 0.6) is 5.75 Å². The zero-order valence-electron chi connectivity index (χ0n) is 15.6. The van der Waals surface area contributed by atoms with Crippen LogP contribution in [0.4, 0.5) is 4.39 Å². The third-order valence-corrected chi connectivity index (χ3v) is 6.03. The first-order valence-electron chi connectivity index (χ1n) is 9.37. The lowest BCUT2D eigenvalue weighted by molar-refractivity contribution is -0.00459. The smallest absolute Gasteiger partial charge is 0.251 e. The molecule has 3 aromatic rings. The quantitative estimate of drug-likeness (QED) is 0.428. The highest BCUT2D eigenvalue weighted by molar-refractivity contribution is 9.10. The maximum Gasteiger partial charge on any atom is 0.251 e. The number of hydrazone groups is 1. The van der Waals surface area contributed by atoms with Crippen molar-refractivity contribution in [3.63, 3.8) is 0 Å². The van der Waals surface area contributed by atoms with Gasteiger partial charge in [-0.25, -0.2) is 9.40 Å². The summed E-state index contributed by atoms with van der Waals surface area (Å²) in [4.78, 5) is 13.2. The number of nitrogens with zero attached hydrogens (tertiary/aromatic N) is 2. The zero-order valence-corrected chi connectivity index (χ0v) is 17.9. The standard InChI is InChI=1S/C23H15BrClFN2O2/c24-15-5-10-21-18(11-15)20-12-19(13-1-6-16(25)7-2-13)27-28(20)23(30-21)22(29)14-3-8-17(26)9-4-14/h1-11,20,23H,12H2/t20-,23+/m0/s1. The van der Waals surface area contributed by atoms with Crippen molar-refractivity contribution in [3.8, 4) is 5.75 Å². The van der Waals surface area contributed by atoms with E-state index in [0.717, 1.165) is 21.3 Å². The first kappa shape index (κ1) is 19.3. The van der Waals surface area contributed by atoms with Crippen molar-refractivity contribution in [2.75, 3.05) is 0 Å². The lowest BCUT2D eigenvalue weighted by Crippen LogP contribution is -2.45. The van der Waals surface area contributed by atoms with Crippen LogP contribution >= 0.6 is 27.5 Å². The van der Waals surface area contributed by atoms with Gasteiger partial charge in [0.15, 0.2) is 0 Å². The minimum atomic E-state index is -0.932. The number of fused-ring (bicyclic) bond motifs is 3. The number of benzene rings is 3. The molecule has 0 unspecified atom stereocenters. The van der Waals surface area contributed by atoms with E-state index in [9.17, 15) is 9.18 Å². The predicted octanol–water partition coefficient (Wildman–Crippen LogP) is 5.99. The van der Waals surface area contributed by atoms with Crippen molar-refractivity contribution >= 4 is 39.0 Å². The molecular formula is C23H15BrClFN2O2. The fourth-order valence-corrected chi connectivity index (χ4v) is 4.31. The molecule has 0 spiro atoms. The van der Waals surface area contributed by atoms with E-state index in [1.54, 1.807) is 5.01 Å². The van der Waals surface area contributed by atoms with Crippen LogP contribution in [0.3, 0.4) is 0 Å². The Morgan fingerprint density at radius 1 is 1.10 bits per heavy atom. The molecule has 0 fully saturated rings. The van der Waals surface area contributed by atoms with Crippen molar-refractivity contribution in [2.24, 2.45) is 5.10 Å². The summed E-state index contributed by atoms with van der Waals surface area (Å²) in [5.74, 6) is -0.0180. The maximum atomic E-state index is 13.3. The van der Waals surface area contributed by atoms with E-state index < -0.39 is 12.0 Å². The van der Waals surface area contributed by atoms with Crippen molar-refractivity contribution in [2.45, 2.75) is 18.7 Å². The molecule has 5 rings (SSSR count). The summed E-state index contributed by atoms with van der Waals surface area (Å²) in [6.07, 6.45) is -0.305. The Morgan fingerprint density at radius 2 is 1.83 bits per heavy atom. The number of hydrogen-bond acceptors (Lipinski definition) is 4. The van der Waals surface area contributed by atoms with Gasteiger partial charge in [-0.3, -0.25) is 4.79 Å². The zero-order chi connectivity index (χ0) is 20.8. The van der Waals surface area contributed by atoms with Gasteiger partial charge >= 0.3 is 0 Å². The molecule has 2 heterocycles. The molecule has 2 aliphatic heterocycles. The van der Waals surface area contributed by atoms with Crippen molar-refractivity contribution in [3.05, 3.63) is 98.7 Å². The molecule has 2 aliphatic rings. The molecule has 0 saturated heterocycles. The van der Waals surface area contributed by atoms with Crippen LogP contribution in [-0.2, 0) is 0 Å². The molecule has 4 nitrogen and oxygen atoms in total. The Balaban J connectivity index is 1.57. The molecule has 0 radical (unpaired) electrons. The molecule has 0 aromatic heterocycles. The summed E-state index contributed by atoms with van der Waals surface area (Å²) in [5.41, 5.74) is 3.12. The van der Waals surface area contributed by atoms with Gasteiger partial charge in [0, 0.05) is 27.0 Å². The number of Topliss-reactive ketones (excluding diaryl/α,β-unsaturated/α-hetero) is 1. The summed E-state index contributed by atoms with van der Waals surface area (Å²) in [7, 11) is 0. The van der Waals surface area contributed by atoms with Crippen molar-refractivity contribution in [1.29, 1.82) is 0 Å². The molecular weight excluding hydrogens is 471 g/mol. The van der Waals surface area contributed by atoms with Gasteiger partial charge in [-0.15, -0.1) is 0 Å². The molecule has 0 amide bonds. The van der Waals surface area contributed by atoms with E-state index in [-0.39, 0.29) is 11.8 Å². The van der Waals surface area contributed by atoms with Crippen LogP contribution in [-0.4, -0.2) is 22.7 Å². The number of carbonyl (C=O) groups excluding carboxylic acids is 1.